The van der Waals surface area contributed by atoms with Crippen molar-refractivity contribution in [2.75, 3.05) is 59.2 Å². The second-order valence-electron chi connectivity index (χ2n) is 5.80. The van der Waals surface area contributed by atoms with Crippen molar-refractivity contribution < 1.29 is 14.3 Å². The molecule has 6 heteroatoms. The van der Waals surface area contributed by atoms with Gasteiger partial charge in [-0.15, -0.1) is 0 Å². The molecule has 0 spiro atoms. The van der Waals surface area contributed by atoms with Gasteiger partial charge in [-0.25, -0.2) is 0 Å². The number of rotatable bonds is 8. The molecule has 2 aliphatic heterocycles. The van der Waals surface area contributed by atoms with E-state index >= 15 is 0 Å². The molecule has 21 heavy (non-hydrogen) atoms. The number of carbonyl (C=O) groups is 1. The van der Waals surface area contributed by atoms with Crippen molar-refractivity contribution in [3.05, 3.63) is 0 Å². The van der Waals surface area contributed by atoms with Crippen molar-refractivity contribution in [3.8, 4) is 0 Å². The molecule has 1 amide bonds. The Balaban J connectivity index is 1.59. The minimum atomic E-state index is -0.0417. The average molecular weight is 299 g/mol. The van der Waals surface area contributed by atoms with Crippen molar-refractivity contribution in [2.45, 2.75) is 25.8 Å². The molecule has 6 nitrogen and oxygen atoms in total. The first-order valence-electron chi connectivity index (χ1n) is 8.20. The van der Waals surface area contributed by atoms with Crippen LogP contribution < -0.4 is 10.6 Å². The Labute approximate surface area is 127 Å². The maximum Gasteiger partial charge on any atom is 0.227 e. The first-order chi connectivity index (χ1) is 10.3. The highest BCUT2D eigenvalue weighted by molar-refractivity contribution is 5.79. The third-order valence-corrected chi connectivity index (χ3v) is 4.13. The lowest BCUT2D eigenvalue weighted by atomic mass is 10.0. The number of amides is 1. The van der Waals surface area contributed by atoms with Gasteiger partial charge in [0.05, 0.1) is 32.3 Å². The molecule has 0 aliphatic carbocycles. The maximum absolute atomic E-state index is 12.2. The number of carbonyl (C=O) groups excluding carboxylic acids is 1. The van der Waals surface area contributed by atoms with Crippen molar-refractivity contribution in [3.63, 3.8) is 0 Å². The van der Waals surface area contributed by atoms with Crippen LogP contribution in [0.3, 0.4) is 0 Å². The van der Waals surface area contributed by atoms with E-state index in [-0.39, 0.29) is 17.9 Å². The van der Waals surface area contributed by atoms with Gasteiger partial charge in [-0.2, -0.15) is 0 Å². The van der Waals surface area contributed by atoms with Gasteiger partial charge in [0.15, 0.2) is 0 Å². The third-order valence-electron chi connectivity index (χ3n) is 4.13. The van der Waals surface area contributed by atoms with Crippen LogP contribution in [0.1, 0.15) is 19.8 Å². The lowest BCUT2D eigenvalue weighted by molar-refractivity contribution is -0.125. The summed E-state index contributed by atoms with van der Waals surface area (Å²) in [5.74, 6) is 0.0861. The Morgan fingerprint density at radius 2 is 2.00 bits per heavy atom. The van der Waals surface area contributed by atoms with Gasteiger partial charge >= 0.3 is 0 Å². The highest BCUT2D eigenvalue weighted by Crippen LogP contribution is 2.13. The Morgan fingerprint density at radius 1 is 1.19 bits per heavy atom. The molecular weight excluding hydrogens is 270 g/mol. The molecule has 0 bridgehead atoms. The summed E-state index contributed by atoms with van der Waals surface area (Å²) in [5, 5.41) is 6.45. The van der Waals surface area contributed by atoms with E-state index < -0.39 is 0 Å². The maximum atomic E-state index is 12.2. The second-order valence-corrected chi connectivity index (χ2v) is 5.80. The van der Waals surface area contributed by atoms with Gasteiger partial charge in [-0.3, -0.25) is 9.69 Å². The summed E-state index contributed by atoms with van der Waals surface area (Å²) < 4.78 is 10.8. The fraction of sp³-hybridized carbons (Fsp3) is 0.933. The zero-order valence-electron chi connectivity index (χ0n) is 13.1. The number of nitrogens with zero attached hydrogens (tertiary/aromatic N) is 1. The van der Waals surface area contributed by atoms with E-state index in [0.717, 1.165) is 58.8 Å². The topological polar surface area (TPSA) is 62.8 Å². The zero-order chi connectivity index (χ0) is 14.9. The SMILES string of the molecule is CCCNC1COCC1C(=O)NCCCN1CCOCC1. The van der Waals surface area contributed by atoms with Crippen LogP contribution >= 0.6 is 0 Å². The van der Waals surface area contributed by atoms with Gasteiger partial charge in [0.2, 0.25) is 5.91 Å². The van der Waals surface area contributed by atoms with E-state index in [4.69, 9.17) is 9.47 Å². The lowest BCUT2D eigenvalue weighted by Crippen LogP contribution is -2.45. The van der Waals surface area contributed by atoms with Crippen LogP contribution in [-0.4, -0.2) is 76.0 Å². The van der Waals surface area contributed by atoms with E-state index in [0.29, 0.717) is 13.2 Å². The number of hydrogen-bond acceptors (Lipinski definition) is 5. The standard InChI is InChI=1S/C15H29N3O3/c1-2-4-16-14-12-21-11-13(14)15(19)17-5-3-6-18-7-9-20-10-8-18/h13-14,16H,2-12H2,1H3,(H,17,19). The summed E-state index contributed by atoms with van der Waals surface area (Å²) in [7, 11) is 0. The van der Waals surface area contributed by atoms with Gasteiger partial charge in [-0.05, 0) is 25.9 Å². The van der Waals surface area contributed by atoms with Crippen molar-refractivity contribution in [1.29, 1.82) is 0 Å². The fourth-order valence-corrected chi connectivity index (χ4v) is 2.81. The molecule has 0 saturated carbocycles. The van der Waals surface area contributed by atoms with Crippen molar-refractivity contribution >= 4 is 5.91 Å². The van der Waals surface area contributed by atoms with Crippen LogP contribution in [0.4, 0.5) is 0 Å². The van der Waals surface area contributed by atoms with Crippen LogP contribution in [-0.2, 0) is 14.3 Å². The Bertz CT molecular complexity index is 309. The molecule has 2 fully saturated rings. The molecular formula is C15H29N3O3. The molecule has 2 N–H and O–H groups in total. The van der Waals surface area contributed by atoms with E-state index in [1.54, 1.807) is 0 Å². The van der Waals surface area contributed by atoms with Crippen LogP contribution in [0, 0.1) is 5.92 Å². The first kappa shape index (κ1) is 16.7. The highest BCUT2D eigenvalue weighted by Gasteiger charge is 2.33. The van der Waals surface area contributed by atoms with E-state index in [1.807, 2.05) is 0 Å². The summed E-state index contributed by atoms with van der Waals surface area (Å²) >= 11 is 0. The quantitative estimate of drug-likeness (QED) is 0.610. The minimum Gasteiger partial charge on any atom is -0.379 e. The van der Waals surface area contributed by atoms with Gasteiger partial charge in [0, 0.05) is 25.7 Å². The number of ether oxygens (including phenoxy) is 2. The third kappa shape index (κ3) is 5.54. The largest absolute Gasteiger partial charge is 0.379 e. The van der Waals surface area contributed by atoms with Gasteiger partial charge in [0.25, 0.3) is 0 Å². The summed E-state index contributed by atoms with van der Waals surface area (Å²) in [6, 6.07) is 0.171. The van der Waals surface area contributed by atoms with Crippen LogP contribution in [0.5, 0.6) is 0 Å². The highest BCUT2D eigenvalue weighted by atomic mass is 16.5. The smallest absolute Gasteiger partial charge is 0.227 e. The lowest BCUT2D eigenvalue weighted by Gasteiger charge is -2.26. The number of morpholine rings is 1. The summed E-state index contributed by atoms with van der Waals surface area (Å²) in [5.41, 5.74) is 0. The molecule has 0 aromatic rings. The normalized spacial score (nSPS) is 26.9. The first-order valence-corrected chi connectivity index (χ1v) is 8.20. The fourth-order valence-electron chi connectivity index (χ4n) is 2.81. The van der Waals surface area contributed by atoms with Crippen LogP contribution in [0.25, 0.3) is 0 Å². The van der Waals surface area contributed by atoms with Gasteiger partial charge in [-0.1, -0.05) is 6.92 Å². The van der Waals surface area contributed by atoms with Gasteiger partial charge in [0.1, 0.15) is 0 Å². The second kappa shape index (κ2) is 9.35. The Hall–Kier alpha value is -0.690. The predicted octanol–water partition coefficient (Wildman–Crippen LogP) is -0.160. The van der Waals surface area contributed by atoms with E-state index in [9.17, 15) is 4.79 Å². The summed E-state index contributed by atoms with van der Waals surface area (Å²) in [4.78, 5) is 14.6. The molecule has 2 heterocycles. The molecule has 0 radical (unpaired) electrons. The number of hydrogen-bond donors (Lipinski definition) is 2. The molecule has 122 valence electrons. The van der Waals surface area contributed by atoms with Gasteiger partial charge < -0.3 is 20.1 Å². The molecule has 2 atom stereocenters. The molecule has 2 saturated heterocycles. The van der Waals surface area contributed by atoms with Crippen molar-refractivity contribution in [2.24, 2.45) is 5.92 Å². The Kier molecular flexibility index (Phi) is 7.43. The van der Waals surface area contributed by atoms with Crippen LogP contribution in [0.15, 0.2) is 0 Å². The molecule has 2 unspecified atom stereocenters. The minimum absolute atomic E-state index is 0.0417. The molecule has 2 rings (SSSR count). The van der Waals surface area contributed by atoms with Crippen molar-refractivity contribution in [1.82, 2.24) is 15.5 Å². The molecule has 2 aliphatic rings. The van der Waals surface area contributed by atoms with Crippen LogP contribution in [0.2, 0.25) is 0 Å². The zero-order valence-corrected chi connectivity index (χ0v) is 13.1. The number of nitrogens with one attached hydrogen (secondary N) is 2. The van der Waals surface area contributed by atoms with E-state index in [2.05, 4.69) is 22.5 Å². The Morgan fingerprint density at radius 3 is 2.76 bits per heavy atom. The average Bonchev–Trinajstić information content (AvgIpc) is 2.99. The van der Waals surface area contributed by atoms with E-state index in [1.165, 1.54) is 0 Å². The predicted molar refractivity (Wildman–Crippen MR) is 81.3 cm³/mol. The molecule has 0 aromatic carbocycles. The molecule has 0 aromatic heterocycles. The summed E-state index contributed by atoms with van der Waals surface area (Å²) in [6.07, 6.45) is 2.07. The summed E-state index contributed by atoms with van der Waals surface area (Å²) in [6.45, 7) is 9.70. The monoisotopic (exact) mass is 299 g/mol.